The first kappa shape index (κ1) is 18.7. The van der Waals surface area contributed by atoms with Gasteiger partial charge < -0.3 is 10.2 Å². The van der Waals surface area contributed by atoms with E-state index in [4.69, 9.17) is 0 Å². The largest absolute Gasteiger partial charge is 0.405 e. The van der Waals surface area contributed by atoms with Crippen LogP contribution in [0, 0.1) is 0 Å². The summed E-state index contributed by atoms with van der Waals surface area (Å²) in [4.78, 5) is 23.8. The lowest BCUT2D eigenvalue weighted by Gasteiger charge is -2.24. The molecule has 0 spiro atoms. The fraction of sp³-hybridized carbons (Fsp3) is 0.316. The summed E-state index contributed by atoms with van der Waals surface area (Å²) in [5.41, 5.74) is 1.16. The lowest BCUT2D eigenvalue weighted by Crippen LogP contribution is -2.33. The number of carbonyl (C=O) groups is 1. The zero-order chi connectivity index (χ0) is 19.7. The van der Waals surface area contributed by atoms with Crippen LogP contribution < -0.4 is 10.2 Å². The van der Waals surface area contributed by atoms with E-state index in [2.05, 4.69) is 14.9 Å². The number of benzene rings is 1. The Morgan fingerprint density at radius 2 is 1.93 bits per heavy atom. The third kappa shape index (κ3) is 4.24. The molecule has 3 aromatic rings. The third-order valence-corrected chi connectivity index (χ3v) is 5.34. The zero-order valence-electron chi connectivity index (χ0n) is 14.7. The van der Waals surface area contributed by atoms with Gasteiger partial charge in [0.1, 0.15) is 23.5 Å². The SMILES string of the molecule is O=C(NCC(F)(F)F)c1ccc(CN(c2ncnc3sccc23)C2CC2)cc1. The van der Waals surface area contributed by atoms with Crippen molar-refractivity contribution >= 4 is 33.3 Å². The highest BCUT2D eigenvalue weighted by atomic mass is 32.1. The number of nitrogens with one attached hydrogen (secondary N) is 1. The number of carbonyl (C=O) groups excluding carboxylic acids is 1. The maximum absolute atomic E-state index is 12.2. The minimum absolute atomic E-state index is 0.202. The van der Waals surface area contributed by atoms with E-state index in [0.717, 1.165) is 34.4 Å². The first-order valence-corrected chi connectivity index (χ1v) is 9.67. The van der Waals surface area contributed by atoms with Crippen molar-refractivity contribution in [3.05, 3.63) is 53.2 Å². The van der Waals surface area contributed by atoms with Gasteiger partial charge >= 0.3 is 6.18 Å². The number of nitrogens with zero attached hydrogens (tertiary/aromatic N) is 3. The summed E-state index contributed by atoms with van der Waals surface area (Å²) in [7, 11) is 0. The normalized spacial score (nSPS) is 14.2. The van der Waals surface area contributed by atoms with Crippen LogP contribution in [-0.4, -0.2) is 34.6 Å². The van der Waals surface area contributed by atoms with E-state index in [1.165, 1.54) is 0 Å². The average molecular weight is 406 g/mol. The van der Waals surface area contributed by atoms with Gasteiger partial charge in [0.05, 0.1) is 5.39 Å². The third-order valence-electron chi connectivity index (χ3n) is 4.52. The predicted molar refractivity (Wildman–Crippen MR) is 101 cm³/mol. The predicted octanol–water partition coefficient (Wildman–Crippen LogP) is 4.15. The molecule has 28 heavy (non-hydrogen) atoms. The lowest BCUT2D eigenvalue weighted by molar-refractivity contribution is -0.123. The molecule has 146 valence electrons. The van der Waals surface area contributed by atoms with E-state index in [1.54, 1.807) is 41.9 Å². The quantitative estimate of drug-likeness (QED) is 0.668. The number of hydrogen-bond donors (Lipinski definition) is 1. The molecular formula is C19H17F3N4OS. The van der Waals surface area contributed by atoms with Gasteiger partial charge in [-0.25, -0.2) is 9.97 Å². The Kier molecular flexibility index (Phi) is 4.92. The van der Waals surface area contributed by atoms with Crippen molar-refractivity contribution in [2.75, 3.05) is 11.4 Å². The number of rotatable bonds is 6. The molecule has 0 bridgehead atoms. The van der Waals surface area contributed by atoms with Crippen molar-refractivity contribution in [2.24, 2.45) is 0 Å². The van der Waals surface area contributed by atoms with Crippen LogP contribution >= 0.6 is 11.3 Å². The zero-order valence-corrected chi connectivity index (χ0v) is 15.6. The number of aromatic nitrogens is 2. The number of alkyl halides is 3. The van der Waals surface area contributed by atoms with Crippen LogP contribution in [0.2, 0.25) is 0 Å². The number of thiophene rings is 1. The Labute approximate surface area is 163 Å². The Morgan fingerprint density at radius 1 is 1.18 bits per heavy atom. The highest BCUT2D eigenvalue weighted by Gasteiger charge is 2.31. The summed E-state index contributed by atoms with van der Waals surface area (Å²) in [6, 6.07) is 9.05. The van der Waals surface area contributed by atoms with Crippen molar-refractivity contribution in [2.45, 2.75) is 31.6 Å². The summed E-state index contributed by atoms with van der Waals surface area (Å²) in [6.45, 7) is -0.732. The Morgan fingerprint density at radius 3 is 2.61 bits per heavy atom. The van der Waals surface area contributed by atoms with Crippen LogP contribution in [0.15, 0.2) is 42.0 Å². The van der Waals surface area contributed by atoms with Crippen LogP contribution in [0.4, 0.5) is 19.0 Å². The minimum atomic E-state index is -4.43. The molecule has 0 saturated heterocycles. The van der Waals surface area contributed by atoms with Crippen molar-refractivity contribution in [1.29, 1.82) is 0 Å². The topological polar surface area (TPSA) is 58.1 Å². The first-order chi connectivity index (χ1) is 13.4. The number of halogens is 3. The van der Waals surface area contributed by atoms with Crippen LogP contribution in [0.5, 0.6) is 0 Å². The van der Waals surface area contributed by atoms with Gasteiger partial charge in [0.25, 0.3) is 5.91 Å². The fourth-order valence-corrected chi connectivity index (χ4v) is 3.74. The molecule has 0 atom stereocenters. The second-order valence-electron chi connectivity index (χ2n) is 6.69. The average Bonchev–Trinajstić information content (AvgIpc) is 3.40. The molecule has 4 rings (SSSR count). The van der Waals surface area contributed by atoms with Gasteiger partial charge in [-0.05, 0) is 42.0 Å². The van der Waals surface area contributed by atoms with E-state index < -0.39 is 18.6 Å². The van der Waals surface area contributed by atoms with Gasteiger partial charge in [-0.2, -0.15) is 13.2 Å². The number of fused-ring (bicyclic) bond motifs is 1. The molecule has 1 aromatic carbocycles. The van der Waals surface area contributed by atoms with Crippen molar-refractivity contribution < 1.29 is 18.0 Å². The molecule has 1 aliphatic rings. The molecule has 1 amide bonds. The van der Waals surface area contributed by atoms with Gasteiger partial charge in [-0.3, -0.25) is 4.79 Å². The molecule has 0 aliphatic heterocycles. The summed E-state index contributed by atoms with van der Waals surface area (Å²) >= 11 is 1.57. The van der Waals surface area contributed by atoms with Gasteiger partial charge in [-0.15, -0.1) is 11.3 Å². The van der Waals surface area contributed by atoms with Gasteiger partial charge in [0, 0.05) is 18.2 Å². The van der Waals surface area contributed by atoms with Gasteiger partial charge in [-0.1, -0.05) is 12.1 Å². The second-order valence-corrected chi connectivity index (χ2v) is 7.59. The van der Waals surface area contributed by atoms with E-state index in [9.17, 15) is 18.0 Å². The molecular weight excluding hydrogens is 389 g/mol. The standard InChI is InChI=1S/C19H17F3N4OS/c20-19(21,22)10-23-17(27)13-3-1-12(2-4-13)9-26(14-5-6-14)16-15-7-8-28-18(15)25-11-24-16/h1-4,7-8,11,14H,5-6,9-10H2,(H,23,27). The molecule has 0 unspecified atom stereocenters. The minimum Gasteiger partial charge on any atom is -0.349 e. The fourth-order valence-electron chi connectivity index (χ4n) is 3.01. The molecule has 1 saturated carbocycles. The molecule has 9 heteroatoms. The molecule has 1 fully saturated rings. The summed E-state index contributed by atoms with van der Waals surface area (Å²) in [5, 5.41) is 4.88. The number of amides is 1. The van der Waals surface area contributed by atoms with E-state index in [1.807, 2.05) is 16.8 Å². The van der Waals surface area contributed by atoms with E-state index in [-0.39, 0.29) is 5.56 Å². The maximum Gasteiger partial charge on any atom is 0.405 e. The summed E-state index contributed by atoms with van der Waals surface area (Å²) < 4.78 is 36.7. The van der Waals surface area contributed by atoms with E-state index in [0.29, 0.717) is 12.6 Å². The number of hydrogen-bond acceptors (Lipinski definition) is 5. The lowest BCUT2D eigenvalue weighted by atomic mass is 10.1. The van der Waals surface area contributed by atoms with Crippen LogP contribution in [0.25, 0.3) is 10.2 Å². The van der Waals surface area contributed by atoms with E-state index >= 15 is 0 Å². The van der Waals surface area contributed by atoms with Crippen molar-refractivity contribution in [3.8, 4) is 0 Å². The molecule has 2 heterocycles. The van der Waals surface area contributed by atoms with Crippen LogP contribution in [-0.2, 0) is 6.54 Å². The Balaban J connectivity index is 1.50. The van der Waals surface area contributed by atoms with Gasteiger partial charge in [0.15, 0.2) is 0 Å². The molecule has 0 radical (unpaired) electrons. The molecule has 1 N–H and O–H groups in total. The molecule has 1 aliphatic carbocycles. The number of anilines is 1. The van der Waals surface area contributed by atoms with Crippen molar-refractivity contribution in [1.82, 2.24) is 15.3 Å². The second kappa shape index (κ2) is 7.38. The molecule has 2 aromatic heterocycles. The summed E-state index contributed by atoms with van der Waals surface area (Å²) in [6.07, 6.45) is -0.677. The van der Waals surface area contributed by atoms with Crippen LogP contribution in [0.3, 0.4) is 0 Å². The maximum atomic E-state index is 12.2. The summed E-state index contributed by atoms with van der Waals surface area (Å²) in [5.74, 6) is 0.152. The highest BCUT2D eigenvalue weighted by Crippen LogP contribution is 2.36. The molecule has 5 nitrogen and oxygen atoms in total. The monoisotopic (exact) mass is 406 g/mol. The highest BCUT2D eigenvalue weighted by molar-refractivity contribution is 7.16. The Hall–Kier alpha value is -2.68. The first-order valence-electron chi connectivity index (χ1n) is 8.79. The smallest absolute Gasteiger partial charge is 0.349 e. The van der Waals surface area contributed by atoms with Crippen LogP contribution in [0.1, 0.15) is 28.8 Å². The Bertz CT molecular complexity index is 983. The van der Waals surface area contributed by atoms with Crippen molar-refractivity contribution in [3.63, 3.8) is 0 Å². The van der Waals surface area contributed by atoms with Gasteiger partial charge in [0.2, 0.25) is 0 Å².